The van der Waals surface area contributed by atoms with Gasteiger partial charge in [0.15, 0.2) is 0 Å². The minimum absolute atomic E-state index is 0.113. The molecule has 2 saturated heterocycles. The molecule has 4 rings (SSSR count). The number of benzene rings is 1. The summed E-state index contributed by atoms with van der Waals surface area (Å²) in [6.45, 7) is 8.45. The Morgan fingerprint density at radius 1 is 1.12 bits per heavy atom. The molecular formula is C21H29N3O2. The number of carbonyl (C=O) groups is 1. The fourth-order valence-corrected chi connectivity index (χ4v) is 4.09. The fraction of sp³-hybridized carbons (Fsp3) is 0.571. The van der Waals surface area contributed by atoms with E-state index in [2.05, 4.69) is 23.7 Å². The average molecular weight is 355 g/mol. The zero-order valence-corrected chi connectivity index (χ0v) is 15.8. The van der Waals surface area contributed by atoms with Gasteiger partial charge in [-0.15, -0.1) is 0 Å². The highest BCUT2D eigenvalue weighted by atomic mass is 16.5. The van der Waals surface area contributed by atoms with Gasteiger partial charge in [0.05, 0.1) is 0 Å². The van der Waals surface area contributed by atoms with Crippen molar-refractivity contribution in [2.24, 2.45) is 0 Å². The van der Waals surface area contributed by atoms with Crippen LogP contribution in [-0.2, 0) is 0 Å². The van der Waals surface area contributed by atoms with Crippen molar-refractivity contribution in [3.05, 3.63) is 30.0 Å². The molecule has 140 valence electrons. The molecule has 1 amide bonds. The summed E-state index contributed by atoms with van der Waals surface area (Å²) in [6.07, 6.45) is 4.64. The van der Waals surface area contributed by atoms with Gasteiger partial charge in [-0.1, -0.05) is 0 Å². The lowest BCUT2D eigenvalue weighted by Gasteiger charge is -2.34. The van der Waals surface area contributed by atoms with Gasteiger partial charge in [-0.25, -0.2) is 0 Å². The number of piperidine rings is 1. The van der Waals surface area contributed by atoms with Crippen LogP contribution >= 0.6 is 0 Å². The summed E-state index contributed by atoms with van der Waals surface area (Å²) in [5, 5.41) is 1.06. The average Bonchev–Trinajstić information content (AvgIpc) is 3.31. The van der Waals surface area contributed by atoms with Gasteiger partial charge < -0.3 is 19.5 Å². The number of hydrogen-bond acceptors (Lipinski definition) is 3. The minimum atomic E-state index is 0.113. The highest BCUT2D eigenvalue weighted by molar-refractivity contribution is 5.98. The topological polar surface area (TPSA) is 48.6 Å². The van der Waals surface area contributed by atoms with Crippen molar-refractivity contribution in [3.63, 3.8) is 0 Å². The van der Waals surface area contributed by atoms with E-state index in [1.165, 1.54) is 0 Å². The van der Waals surface area contributed by atoms with E-state index < -0.39 is 0 Å². The van der Waals surface area contributed by atoms with Gasteiger partial charge in [-0.05, 0) is 57.7 Å². The van der Waals surface area contributed by atoms with Crippen LogP contribution in [0.1, 0.15) is 50.0 Å². The molecule has 1 aromatic heterocycles. The maximum Gasteiger partial charge on any atom is 0.270 e. The molecule has 1 N–H and O–H groups in total. The Morgan fingerprint density at radius 2 is 1.85 bits per heavy atom. The van der Waals surface area contributed by atoms with Crippen LogP contribution in [0.25, 0.3) is 10.9 Å². The summed E-state index contributed by atoms with van der Waals surface area (Å²) in [4.78, 5) is 20.3. The number of likely N-dealkylation sites (tertiary alicyclic amines) is 2. The second-order valence-corrected chi connectivity index (χ2v) is 7.88. The summed E-state index contributed by atoms with van der Waals surface area (Å²) >= 11 is 0. The fourth-order valence-electron chi connectivity index (χ4n) is 4.09. The van der Waals surface area contributed by atoms with Crippen molar-refractivity contribution >= 4 is 16.8 Å². The molecule has 5 nitrogen and oxygen atoms in total. The zero-order valence-electron chi connectivity index (χ0n) is 15.8. The predicted molar refractivity (Wildman–Crippen MR) is 104 cm³/mol. The minimum Gasteiger partial charge on any atom is -0.490 e. The Labute approximate surface area is 155 Å². The Balaban J connectivity index is 1.43. The number of ether oxygens (including phenoxy) is 1. The van der Waals surface area contributed by atoms with Crippen LogP contribution in [0.3, 0.4) is 0 Å². The first-order valence-electron chi connectivity index (χ1n) is 9.93. The lowest BCUT2D eigenvalue weighted by molar-refractivity contribution is 0.0787. The molecule has 1 aromatic carbocycles. The lowest BCUT2D eigenvalue weighted by Crippen LogP contribution is -2.41. The number of aromatic amines is 1. The molecule has 0 saturated carbocycles. The molecule has 0 spiro atoms. The molecule has 3 heterocycles. The summed E-state index contributed by atoms with van der Waals surface area (Å²) in [5.74, 6) is 1.00. The summed E-state index contributed by atoms with van der Waals surface area (Å²) < 4.78 is 6.22. The first-order valence-corrected chi connectivity index (χ1v) is 9.93. The molecule has 0 radical (unpaired) electrons. The Hall–Kier alpha value is -2.01. The van der Waals surface area contributed by atoms with E-state index in [0.717, 1.165) is 68.5 Å². The number of amides is 1. The standard InChI is InChI=1S/C21H29N3O2/c1-15(2)23-11-7-17(8-12-23)26-18-6-5-16-13-20(22-19(16)14-18)21(25)24-9-3-4-10-24/h5-6,13-15,17,22H,3-4,7-12H2,1-2H3. The van der Waals surface area contributed by atoms with E-state index in [4.69, 9.17) is 4.74 Å². The molecule has 2 aliphatic heterocycles. The smallest absolute Gasteiger partial charge is 0.270 e. The molecule has 0 bridgehead atoms. The lowest BCUT2D eigenvalue weighted by atomic mass is 10.1. The first-order chi connectivity index (χ1) is 12.6. The van der Waals surface area contributed by atoms with E-state index in [0.29, 0.717) is 11.7 Å². The number of aromatic nitrogens is 1. The summed E-state index contributed by atoms with van der Waals surface area (Å²) in [6, 6.07) is 8.67. The largest absolute Gasteiger partial charge is 0.490 e. The van der Waals surface area contributed by atoms with Crippen molar-refractivity contribution in [1.29, 1.82) is 0 Å². The summed E-state index contributed by atoms with van der Waals surface area (Å²) in [5.41, 5.74) is 1.66. The van der Waals surface area contributed by atoms with Gasteiger partial charge in [-0.2, -0.15) is 0 Å². The Morgan fingerprint density at radius 3 is 2.54 bits per heavy atom. The zero-order chi connectivity index (χ0) is 18.1. The second-order valence-electron chi connectivity index (χ2n) is 7.88. The van der Waals surface area contributed by atoms with Crippen LogP contribution in [-0.4, -0.2) is 59.0 Å². The van der Waals surface area contributed by atoms with Crippen molar-refractivity contribution in [2.45, 2.75) is 51.7 Å². The molecule has 2 aromatic rings. The molecule has 0 aliphatic carbocycles. The van der Waals surface area contributed by atoms with Gasteiger partial charge >= 0.3 is 0 Å². The van der Waals surface area contributed by atoms with Gasteiger partial charge in [0.2, 0.25) is 0 Å². The number of hydrogen-bond donors (Lipinski definition) is 1. The maximum atomic E-state index is 12.6. The molecule has 5 heteroatoms. The van der Waals surface area contributed by atoms with E-state index in [1.807, 2.05) is 29.2 Å². The highest BCUT2D eigenvalue weighted by Gasteiger charge is 2.23. The van der Waals surface area contributed by atoms with Crippen molar-refractivity contribution < 1.29 is 9.53 Å². The van der Waals surface area contributed by atoms with Gasteiger partial charge in [-0.3, -0.25) is 4.79 Å². The number of rotatable bonds is 4. The van der Waals surface area contributed by atoms with Crippen LogP contribution in [0.5, 0.6) is 5.75 Å². The normalized spacial score (nSPS) is 19.6. The van der Waals surface area contributed by atoms with Gasteiger partial charge in [0.1, 0.15) is 17.5 Å². The third-order valence-corrected chi connectivity index (χ3v) is 5.73. The van der Waals surface area contributed by atoms with Crippen LogP contribution < -0.4 is 4.74 Å². The van der Waals surface area contributed by atoms with E-state index >= 15 is 0 Å². The third kappa shape index (κ3) is 3.58. The third-order valence-electron chi connectivity index (χ3n) is 5.73. The van der Waals surface area contributed by atoms with Crippen molar-refractivity contribution in [2.75, 3.05) is 26.2 Å². The molecule has 2 aliphatic rings. The van der Waals surface area contributed by atoms with E-state index in [9.17, 15) is 4.79 Å². The quantitative estimate of drug-likeness (QED) is 0.911. The predicted octanol–water partition coefficient (Wildman–Crippen LogP) is 3.66. The van der Waals surface area contributed by atoms with Crippen LogP contribution in [0.15, 0.2) is 24.3 Å². The van der Waals surface area contributed by atoms with E-state index in [-0.39, 0.29) is 12.0 Å². The number of nitrogens with zero attached hydrogens (tertiary/aromatic N) is 2. The number of nitrogens with one attached hydrogen (secondary N) is 1. The van der Waals surface area contributed by atoms with Gasteiger partial charge in [0, 0.05) is 49.2 Å². The molecule has 0 atom stereocenters. The van der Waals surface area contributed by atoms with Crippen molar-refractivity contribution in [3.8, 4) is 5.75 Å². The van der Waals surface area contributed by atoms with Crippen LogP contribution in [0.2, 0.25) is 0 Å². The monoisotopic (exact) mass is 355 g/mol. The molecular weight excluding hydrogens is 326 g/mol. The summed E-state index contributed by atoms with van der Waals surface area (Å²) in [7, 11) is 0. The second kappa shape index (κ2) is 7.31. The van der Waals surface area contributed by atoms with Gasteiger partial charge in [0.25, 0.3) is 5.91 Å². The highest BCUT2D eigenvalue weighted by Crippen LogP contribution is 2.25. The van der Waals surface area contributed by atoms with Crippen LogP contribution in [0.4, 0.5) is 0 Å². The Bertz CT molecular complexity index is 769. The van der Waals surface area contributed by atoms with Crippen molar-refractivity contribution in [1.82, 2.24) is 14.8 Å². The Kier molecular flexibility index (Phi) is 4.90. The molecule has 26 heavy (non-hydrogen) atoms. The number of carbonyl (C=O) groups excluding carboxylic acids is 1. The maximum absolute atomic E-state index is 12.6. The number of H-pyrrole nitrogens is 1. The number of fused-ring (bicyclic) bond motifs is 1. The van der Waals surface area contributed by atoms with Crippen LogP contribution in [0, 0.1) is 0 Å². The van der Waals surface area contributed by atoms with E-state index in [1.54, 1.807) is 0 Å². The molecule has 0 unspecified atom stereocenters. The first kappa shape index (κ1) is 17.4. The SMILES string of the molecule is CC(C)N1CCC(Oc2ccc3cc(C(=O)N4CCCC4)[nH]c3c2)CC1. The molecule has 2 fully saturated rings.